The van der Waals surface area contributed by atoms with E-state index < -0.39 is 16.9 Å². The lowest BCUT2D eigenvalue weighted by Crippen LogP contribution is -2.30. The molecule has 0 saturated heterocycles. The number of pyridine rings is 1. The molecule has 1 heterocycles. The number of nitrogens with zero attached hydrogens (tertiary/aromatic N) is 2. The summed E-state index contributed by atoms with van der Waals surface area (Å²) >= 11 is 1.18. The van der Waals surface area contributed by atoms with E-state index in [0.717, 1.165) is 6.08 Å². The van der Waals surface area contributed by atoms with Gasteiger partial charge in [-0.15, -0.1) is 0 Å². The van der Waals surface area contributed by atoms with Gasteiger partial charge in [0, 0.05) is 18.3 Å². The number of esters is 1. The van der Waals surface area contributed by atoms with Gasteiger partial charge in [0.25, 0.3) is 5.69 Å². The summed E-state index contributed by atoms with van der Waals surface area (Å²) in [5.41, 5.74) is 5.62. The van der Waals surface area contributed by atoms with E-state index in [-0.39, 0.29) is 11.7 Å². The summed E-state index contributed by atoms with van der Waals surface area (Å²) in [4.78, 5) is 36.1. The molecule has 0 aliphatic carbocycles. The molecule has 154 valence electrons. The number of aliphatic carboxylic acids is 1. The van der Waals surface area contributed by atoms with Crippen LogP contribution in [0.3, 0.4) is 0 Å². The minimum absolute atomic E-state index is 0.0850. The largest absolute Gasteiger partial charge is 0.478 e. The second-order valence-corrected chi connectivity index (χ2v) is 6.53. The van der Waals surface area contributed by atoms with E-state index >= 15 is 0 Å². The van der Waals surface area contributed by atoms with Gasteiger partial charge in [-0.2, -0.15) is 0 Å². The molecule has 29 heavy (non-hydrogen) atoms. The first kappa shape index (κ1) is 23.8. The Labute approximate surface area is 171 Å². The number of nitro benzene ring substituents is 1. The maximum Gasteiger partial charge on any atom is 0.328 e. The Morgan fingerprint density at radius 1 is 1.38 bits per heavy atom. The van der Waals surface area contributed by atoms with Crippen molar-refractivity contribution in [1.29, 1.82) is 0 Å². The van der Waals surface area contributed by atoms with E-state index in [1.165, 1.54) is 31.0 Å². The predicted octanol–water partition coefficient (Wildman–Crippen LogP) is 3.14. The molecule has 0 radical (unpaired) electrons. The lowest BCUT2D eigenvalue weighted by atomic mass is 10.2. The van der Waals surface area contributed by atoms with Crippen LogP contribution in [0.5, 0.6) is 0 Å². The van der Waals surface area contributed by atoms with Crippen molar-refractivity contribution in [2.45, 2.75) is 29.3 Å². The zero-order chi connectivity index (χ0) is 21.8. The Hall–Kier alpha value is -3.24. The second kappa shape index (κ2) is 12.3. The minimum atomic E-state index is -1.11. The van der Waals surface area contributed by atoms with Crippen LogP contribution in [0.4, 0.5) is 5.69 Å². The van der Waals surface area contributed by atoms with Gasteiger partial charge in [-0.25, -0.2) is 9.78 Å². The van der Waals surface area contributed by atoms with E-state index in [0.29, 0.717) is 21.9 Å². The summed E-state index contributed by atoms with van der Waals surface area (Å²) < 4.78 is 4.34. The number of nitro groups is 1. The standard InChI is InChI=1S/C14H10N2O4S.C5H11NO2/c17-14(18)7-5-10-4-6-12(11(9-10)16(19)20)21-13-3-1-2-8-15-13;1-3-4(6)5(7)8-2/h1-9H,(H,17,18);4H,3,6H2,1-2H3. The number of hydrogen-bond donors (Lipinski definition) is 2. The topological polar surface area (TPSA) is 146 Å². The molecular weight excluding hydrogens is 398 g/mol. The molecule has 1 aromatic heterocycles. The normalized spacial score (nSPS) is 11.3. The van der Waals surface area contributed by atoms with Crippen molar-refractivity contribution < 1.29 is 24.4 Å². The third kappa shape index (κ3) is 8.54. The van der Waals surface area contributed by atoms with Crippen molar-refractivity contribution in [3.63, 3.8) is 0 Å². The van der Waals surface area contributed by atoms with Gasteiger partial charge in [-0.1, -0.05) is 30.8 Å². The van der Waals surface area contributed by atoms with Gasteiger partial charge in [0.05, 0.1) is 16.9 Å². The molecule has 0 aliphatic heterocycles. The maximum absolute atomic E-state index is 11.1. The van der Waals surface area contributed by atoms with Gasteiger partial charge >= 0.3 is 11.9 Å². The highest BCUT2D eigenvalue weighted by molar-refractivity contribution is 7.99. The van der Waals surface area contributed by atoms with E-state index in [2.05, 4.69) is 9.72 Å². The highest BCUT2D eigenvalue weighted by atomic mass is 32.2. The molecule has 1 unspecified atom stereocenters. The highest BCUT2D eigenvalue weighted by Gasteiger charge is 2.15. The zero-order valence-electron chi connectivity index (χ0n) is 15.8. The molecule has 1 aromatic carbocycles. The zero-order valence-corrected chi connectivity index (χ0v) is 16.7. The monoisotopic (exact) mass is 419 g/mol. The first-order chi connectivity index (χ1) is 13.8. The average molecular weight is 419 g/mol. The Bertz CT molecular complexity index is 874. The SMILES string of the molecule is CCC(N)C(=O)OC.O=C(O)C=Cc1ccc(Sc2ccccn2)c([N+](=O)[O-])c1. The van der Waals surface area contributed by atoms with Crippen molar-refractivity contribution in [2.75, 3.05) is 7.11 Å². The van der Waals surface area contributed by atoms with Gasteiger partial charge in [-0.3, -0.25) is 14.9 Å². The van der Waals surface area contributed by atoms with Crippen LogP contribution in [0, 0.1) is 10.1 Å². The quantitative estimate of drug-likeness (QED) is 0.299. The van der Waals surface area contributed by atoms with E-state index in [9.17, 15) is 19.7 Å². The number of rotatable bonds is 7. The summed E-state index contributed by atoms with van der Waals surface area (Å²) in [5, 5.41) is 20.4. The Morgan fingerprint density at radius 2 is 2.10 bits per heavy atom. The van der Waals surface area contributed by atoms with Crippen LogP contribution in [-0.2, 0) is 14.3 Å². The van der Waals surface area contributed by atoms with Crippen molar-refractivity contribution >= 4 is 35.5 Å². The van der Waals surface area contributed by atoms with E-state index in [1.807, 2.05) is 6.92 Å². The number of carboxylic acid groups (broad SMARTS) is 1. The molecule has 0 aliphatic rings. The van der Waals surface area contributed by atoms with Gasteiger partial charge in [-0.05, 0) is 36.3 Å². The smallest absolute Gasteiger partial charge is 0.328 e. The van der Waals surface area contributed by atoms with Gasteiger partial charge in [0.15, 0.2) is 0 Å². The first-order valence-electron chi connectivity index (χ1n) is 8.40. The highest BCUT2D eigenvalue weighted by Crippen LogP contribution is 2.34. The van der Waals surface area contributed by atoms with Gasteiger partial charge in [0.2, 0.25) is 0 Å². The summed E-state index contributed by atoms with van der Waals surface area (Å²) in [6.07, 6.45) is 4.49. The number of carbonyl (C=O) groups excluding carboxylic acids is 1. The number of carboxylic acids is 1. The third-order valence-corrected chi connectivity index (χ3v) is 4.41. The first-order valence-corrected chi connectivity index (χ1v) is 9.21. The number of aromatic nitrogens is 1. The lowest BCUT2D eigenvalue weighted by Gasteiger charge is -2.03. The Morgan fingerprint density at radius 3 is 2.59 bits per heavy atom. The summed E-state index contributed by atoms with van der Waals surface area (Å²) in [5.74, 6) is -1.45. The number of ether oxygens (including phenoxy) is 1. The number of nitrogens with two attached hydrogens (primary N) is 1. The molecule has 2 rings (SSSR count). The van der Waals surface area contributed by atoms with E-state index in [4.69, 9.17) is 10.8 Å². The summed E-state index contributed by atoms with van der Waals surface area (Å²) in [6.45, 7) is 1.83. The van der Waals surface area contributed by atoms with Crippen LogP contribution >= 0.6 is 11.8 Å². The fourth-order valence-corrected chi connectivity index (χ4v) is 2.73. The molecule has 2 aromatic rings. The fourth-order valence-electron chi connectivity index (χ4n) is 1.87. The van der Waals surface area contributed by atoms with Crippen molar-refractivity contribution in [2.24, 2.45) is 5.73 Å². The number of methoxy groups -OCH3 is 1. The second-order valence-electron chi connectivity index (χ2n) is 5.46. The molecule has 9 nitrogen and oxygen atoms in total. The summed E-state index contributed by atoms with van der Waals surface area (Å²) in [6, 6.07) is 9.41. The van der Waals surface area contributed by atoms with Crippen molar-refractivity contribution in [3.8, 4) is 0 Å². The molecule has 0 amide bonds. The number of carbonyl (C=O) groups is 2. The molecule has 0 spiro atoms. The van der Waals surface area contributed by atoms with E-state index in [1.54, 1.807) is 36.5 Å². The van der Waals surface area contributed by atoms with Crippen molar-refractivity contribution in [1.82, 2.24) is 4.98 Å². The lowest BCUT2D eigenvalue weighted by molar-refractivity contribution is -0.387. The fraction of sp³-hybridized carbons (Fsp3) is 0.211. The maximum atomic E-state index is 11.1. The Kier molecular flexibility index (Phi) is 10.1. The van der Waals surface area contributed by atoms with Crippen LogP contribution in [-0.4, -0.2) is 40.1 Å². The Balaban J connectivity index is 0.000000447. The molecule has 1 atom stereocenters. The molecular formula is C19H21N3O6S. The molecule has 0 bridgehead atoms. The van der Waals surface area contributed by atoms with Gasteiger partial charge < -0.3 is 15.6 Å². The molecule has 3 N–H and O–H groups in total. The van der Waals surface area contributed by atoms with Crippen LogP contribution in [0.2, 0.25) is 0 Å². The minimum Gasteiger partial charge on any atom is -0.478 e. The van der Waals surface area contributed by atoms with Crippen LogP contribution in [0.1, 0.15) is 18.9 Å². The van der Waals surface area contributed by atoms with Crippen LogP contribution in [0.15, 0.2) is 58.6 Å². The molecule has 0 fully saturated rings. The average Bonchev–Trinajstić information content (AvgIpc) is 2.72. The molecule has 10 heteroatoms. The van der Waals surface area contributed by atoms with Crippen LogP contribution in [0.25, 0.3) is 6.08 Å². The predicted molar refractivity (Wildman–Crippen MR) is 108 cm³/mol. The van der Waals surface area contributed by atoms with Gasteiger partial charge in [0.1, 0.15) is 11.1 Å². The van der Waals surface area contributed by atoms with Crippen LogP contribution < -0.4 is 5.73 Å². The van der Waals surface area contributed by atoms with Crippen molar-refractivity contribution in [3.05, 3.63) is 64.3 Å². The third-order valence-electron chi connectivity index (χ3n) is 3.39. The molecule has 0 saturated carbocycles. The number of benzene rings is 1. The summed E-state index contributed by atoms with van der Waals surface area (Å²) in [7, 11) is 1.33. The number of hydrogen-bond acceptors (Lipinski definition) is 8.